The molecule has 1 aliphatic heterocycles. The third-order valence-corrected chi connectivity index (χ3v) is 5.21. The van der Waals surface area contributed by atoms with Crippen molar-refractivity contribution in [1.29, 1.82) is 0 Å². The largest absolute Gasteiger partial charge is 0.497 e. The van der Waals surface area contributed by atoms with Crippen LogP contribution in [-0.2, 0) is 17.8 Å². The Morgan fingerprint density at radius 1 is 1.07 bits per heavy atom. The van der Waals surface area contributed by atoms with Crippen LogP contribution >= 0.6 is 0 Å². The zero-order valence-electron chi connectivity index (χ0n) is 16.9. The van der Waals surface area contributed by atoms with E-state index in [9.17, 15) is 4.79 Å². The monoisotopic (exact) mass is 404 g/mol. The zero-order chi connectivity index (χ0) is 20.9. The standard InChI is InChI=1S/C23H24N4O3/c1-29-18-13-11-16(12-14-18)21(24)26-30-23(28)20-19-10-6-3-7-15-27(19)22(25-20)17-8-4-2-5-9-17/h2,4-5,8-9,11-14H,3,6-7,10,15H2,1H3,(H2,24,26). The molecule has 0 aliphatic carbocycles. The van der Waals surface area contributed by atoms with Gasteiger partial charge in [0.15, 0.2) is 11.5 Å². The van der Waals surface area contributed by atoms with E-state index >= 15 is 0 Å². The fourth-order valence-corrected chi connectivity index (χ4v) is 3.64. The van der Waals surface area contributed by atoms with Gasteiger partial charge in [-0.25, -0.2) is 9.78 Å². The topological polar surface area (TPSA) is 91.7 Å². The molecule has 0 bridgehead atoms. The Hall–Kier alpha value is -3.61. The molecule has 4 rings (SSSR count). The van der Waals surface area contributed by atoms with E-state index in [1.807, 2.05) is 30.3 Å². The van der Waals surface area contributed by atoms with Gasteiger partial charge in [0.1, 0.15) is 11.6 Å². The summed E-state index contributed by atoms with van der Waals surface area (Å²) in [5.41, 5.74) is 8.79. The lowest BCUT2D eigenvalue weighted by Crippen LogP contribution is -2.16. The van der Waals surface area contributed by atoms with E-state index in [1.165, 1.54) is 0 Å². The van der Waals surface area contributed by atoms with Crippen LogP contribution < -0.4 is 10.5 Å². The highest BCUT2D eigenvalue weighted by molar-refractivity contribution is 5.98. The van der Waals surface area contributed by atoms with Gasteiger partial charge in [0, 0.05) is 17.7 Å². The summed E-state index contributed by atoms with van der Waals surface area (Å²) in [4.78, 5) is 22.6. The number of benzene rings is 2. The minimum atomic E-state index is -0.598. The number of hydrogen-bond donors (Lipinski definition) is 1. The maximum Gasteiger partial charge on any atom is 0.385 e. The summed E-state index contributed by atoms with van der Waals surface area (Å²) in [6, 6.07) is 16.9. The van der Waals surface area contributed by atoms with E-state index in [0.717, 1.165) is 49.3 Å². The lowest BCUT2D eigenvalue weighted by molar-refractivity contribution is 0.0508. The molecular weight excluding hydrogens is 380 g/mol. The SMILES string of the molecule is COc1ccc(C(N)=NOC(=O)c2nc(-c3ccccc3)n3c2CCCCC3)cc1. The molecule has 0 radical (unpaired) electrons. The van der Waals surface area contributed by atoms with Gasteiger partial charge in [0.05, 0.1) is 12.8 Å². The number of imidazole rings is 1. The van der Waals surface area contributed by atoms with Crippen molar-refractivity contribution in [1.82, 2.24) is 9.55 Å². The number of methoxy groups -OCH3 is 1. The van der Waals surface area contributed by atoms with Crippen molar-refractivity contribution >= 4 is 11.8 Å². The van der Waals surface area contributed by atoms with Crippen molar-refractivity contribution in [3.05, 3.63) is 71.5 Å². The summed E-state index contributed by atoms with van der Waals surface area (Å²) in [5.74, 6) is 1.00. The van der Waals surface area contributed by atoms with E-state index in [2.05, 4.69) is 14.7 Å². The van der Waals surface area contributed by atoms with Crippen LogP contribution in [0.2, 0.25) is 0 Å². The molecule has 0 spiro atoms. The molecule has 0 amide bonds. The summed E-state index contributed by atoms with van der Waals surface area (Å²) >= 11 is 0. The Balaban J connectivity index is 1.61. The molecule has 0 fully saturated rings. The summed E-state index contributed by atoms with van der Waals surface area (Å²) in [6.07, 6.45) is 3.96. The number of carbonyl (C=O) groups excluding carboxylic acids is 1. The van der Waals surface area contributed by atoms with E-state index in [4.69, 9.17) is 15.3 Å². The van der Waals surface area contributed by atoms with Crippen molar-refractivity contribution < 1.29 is 14.4 Å². The van der Waals surface area contributed by atoms with Gasteiger partial charge in [-0.1, -0.05) is 41.9 Å². The molecule has 2 aromatic carbocycles. The number of ether oxygens (including phenoxy) is 1. The third kappa shape index (κ3) is 4.05. The van der Waals surface area contributed by atoms with Gasteiger partial charge >= 0.3 is 5.97 Å². The van der Waals surface area contributed by atoms with Crippen LogP contribution in [0.5, 0.6) is 5.75 Å². The van der Waals surface area contributed by atoms with E-state index in [0.29, 0.717) is 17.0 Å². The van der Waals surface area contributed by atoms with Crippen molar-refractivity contribution in [2.24, 2.45) is 10.9 Å². The van der Waals surface area contributed by atoms with Gasteiger partial charge < -0.3 is 19.9 Å². The van der Waals surface area contributed by atoms with Crippen LogP contribution in [0.1, 0.15) is 41.0 Å². The normalized spacial score (nSPS) is 14.0. The molecule has 0 atom stereocenters. The Bertz CT molecular complexity index is 1060. The molecule has 1 aliphatic rings. The molecule has 7 nitrogen and oxygen atoms in total. The Labute approximate surface area is 175 Å². The van der Waals surface area contributed by atoms with Gasteiger partial charge in [-0.05, 0) is 43.5 Å². The molecule has 1 aromatic heterocycles. The first kappa shape index (κ1) is 19.7. The van der Waals surface area contributed by atoms with Crippen LogP contribution in [0.3, 0.4) is 0 Å². The smallest absolute Gasteiger partial charge is 0.385 e. The maximum atomic E-state index is 12.8. The quantitative estimate of drug-likeness (QED) is 0.303. The van der Waals surface area contributed by atoms with Crippen LogP contribution in [0, 0.1) is 0 Å². The second-order valence-corrected chi connectivity index (χ2v) is 7.14. The predicted octanol–water partition coefficient (Wildman–Crippen LogP) is 3.76. The predicted molar refractivity (Wildman–Crippen MR) is 114 cm³/mol. The first-order chi connectivity index (χ1) is 14.7. The van der Waals surface area contributed by atoms with Crippen LogP contribution in [0.25, 0.3) is 11.4 Å². The number of oxime groups is 1. The fraction of sp³-hybridized carbons (Fsp3) is 0.261. The Kier molecular flexibility index (Phi) is 5.79. The van der Waals surface area contributed by atoms with Crippen LogP contribution in [0.4, 0.5) is 0 Å². The minimum absolute atomic E-state index is 0.111. The number of nitrogens with two attached hydrogens (primary N) is 1. The van der Waals surface area contributed by atoms with E-state index in [1.54, 1.807) is 31.4 Å². The van der Waals surface area contributed by atoms with Gasteiger partial charge in [-0.2, -0.15) is 0 Å². The summed E-state index contributed by atoms with van der Waals surface area (Å²) in [6.45, 7) is 0.830. The second kappa shape index (κ2) is 8.82. The number of amidine groups is 1. The zero-order valence-corrected chi connectivity index (χ0v) is 16.9. The number of carbonyl (C=O) groups is 1. The molecule has 2 heterocycles. The van der Waals surface area contributed by atoms with Gasteiger partial charge in [-0.3, -0.25) is 0 Å². The first-order valence-electron chi connectivity index (χ1n) is 10.0. The third-order valence-electron chi connectivity index (χ3n) is 5.21. The molecule has 0 saturated carbocycles. The highest BCUT2D eigenvalue weighted by Gasteiger charge is 2.25. The molecule has 30 heavy (non-hydrogen) atoms. The number of fused-ring (bicyclic) bond motifs is 1. The summed E-state index contributed by atoms with van der Waals surface area (Å²) in [7, 11) is 1.59. The Morgan fingerprint density at radius 2 is 1.83 bits per heavy atom. The van der Waals surface area contributed by atoms with Gasteiger partial charge in [0.2, 0.25) is 0 Å². The van der Waals surface area contributed by atoms with Crippen molar-refractivity contribution in [3.63, 3.8) is 0 Å². The van der Waals surface area contributed by atoms with E-state index in [-0.39, 0.29) is 5.84 Å². The van der Waals surface area contributed by atoms with E-state index < -0.39 is 5.97 Å². The van der Waals surface area contributed by atoms with Gasteiger partial charge in [0.25, 0.3) is 0 Å². The molecule has 0 saturated heterocycles. The number of hydrogen-bond acceptors (Lipinski definition) is 5. The average Bonchev–Trinajstić information content (AvgIpc) is 2.98. The van der Waals surface area contributed by atoms with Crippen molar-refractivity contribution in [3.8, 4) is 17.1 Å². The molecule has 2 N–H and O–H groups in total. The van der Waals surface area contributed by atoms with Crippen LogP contribution in [-0.4, -0.2) is 28.5 Å². The lowest BCUT2D eigenvalue weighted by Gasteiger charge is -2.08. The summed E-state index contributed by atoms with van der Waals surface area (Å²) < 4.78 is 7.26. The maximum absolute atomic E-state index is 12.8. The van der Waals surface area contributed by atoms with Crippen molar-refractivity contribution in [2.45, 2.75) is 32.2 Å². The Morgan fingerprint density at radius 3 is 2.57 bits per heavy atom. The number of nitrogens with zero attached hydrogens (tertiary/aromatic N) is 3. The molecular formula is C23H24N4O3. The molecule has 7 heteroatoms. The first-order valence-corrected chi connectivity index (χ1v) is 10.0. The second-order valence-electron chi connectivity index (χ2n) is 7.14. The number of aromatic nitrogens is 2. The molecule has 3 aromatic rings. The van der Waals surface area contributed by atoms with Crippen LogP contribution in [0.15, 0.2) is 59.8 Å². The molecule has 0 unspecified atom stereocenters. The van der Waals surface area contributed by atoms with Crippen molar-refractivity contribution in [2.75, 3.05) is 7.11 Å². The fourth-order valence-electron chi connectivity index (χ4n) is 3.64. The highest BCUT2D eigenvalue weighted by atomic mass is 16.7. The van der Waals surface area contributed by atoms with Gasteiger partial charge in [-0.15, -0.1) is 0 Å². The minimum Gasteiger partial charge on any atom is -0.497 e. The average molecular weight is 404 g/mol. The number of rotatable bonds is 5. The molecule has 154 valence electrons. The highest BCUT2D eigenvalue weighted by Crippen LogP contribution is 2.27. The lowest BCUT2D eigenvalue weighted by atomic mass is 10.1. The summed E-state index contributed by atoms with van der Waals surface area (Å²) in [5, 5.41) is 3.84.